The van der Waals surface area contributed by atoms with Gasteiger partial charge in [-0.1, -0.05) is 56.5 Å². The molecule has 0 atom stereocenters. The number of nitrogens with zero attached hydrogens (tertiary/aromatic N) is 1. The zero-order valence-electron chi connectivity index (χ0n) is 20.8. The van der Waals surface area contributed by atoms with E-state index in [4.69, 9.17) is 17.0 Å². The summed E-state index contributed by atoms with van der Waals surface area (Å²) in [6.45, 7) is 5.23. The van der Waals surface area contributed by atoms with Crippen LogP contribution in [0.4, 0.5) is 11.4 Å². The van der Waals surface area contributed by atoms with Crippen LogP contribution < -0.4 is 20.3 Å². The molecule has 0 aliphatic heterocycles. The minimum Gasteiger partial charge on any atom is -0.493 e. The predicted octanol–water partition coefficient (Wildman–Crippen LogP) is 6.44. The summed E-state index contributed by atoms with van der Waals surface area (Å²) in [5, 5.41) is 5.87. The Morgan fingerprint density at radius 3 is 2.25 bits per heavy atom. The van der Waals surface area contributed by atoms with Crippen LogP contribution >= 0.6 is 12.2 Å². The van der Waals surface area contributed by atoms with Crippen molar-refractivity contribution >= 4 is 40.5 Å². The maximum absolute atomic E-state index is 13.0. The summed E-state index contributed by atoms with van der Waals surface area (Å²) in [5.74, 6) is 0.110. The van der Waals surface area contributed by atoms with Gasteiger partial charge in [0.1, 0.15) is 5.75 Å². The molecular weight excluding hydrogens is 470 g/mol. The lowest BCUT2D eigenvalue weighted by Crippen LogP contribution is -2.34. The molecule has 0 aromatic heterocycles. The lowest BCUT2D eigenvalue weighted by Gasteiger charge is -2.21. The number of nitrogens with one attached hydrogen (secondary N) is 2. The van der Waals surface area contributed by atoms with E-state index in [-0.39, 0.29) is 16.9 Å². The molecule has 7 heteroatoms. The van der Waals surface area contributed by atoms with E-state index in [9.17, 15) is 9.59 Å². The molecule has 0 unspecified atom stereocenters. The largest absolute Gasteiger partial charge is 0.493 e. The van der Waals surface area contributed by atoms with Gasteiger partial charge in [-0.15, -0.1) is 0 Å². The number of carbonyl (C=O) groups excluding carboxylic acids is 2. The molecule has 2 N–H and O–H groups in total. The lowest BCUT2D eigenvalue weighted by molar-refractivity contribution is 0.0970. The molecule has 3 rings (SSSR count). The fourth-order valence-corrected chi connectivity index (χ4v) is 3.94. The smallest absolute Gasteiger partial charge is 0.261 e. The third-order valence-electron chi connectivity index (χ3n) is 5.63. The number of thiocarbonyl (C=S) groups is 1. The zero-order chi connectivity index (χ0) is 25.8. The highest BCUT2D eigenvalue weighted by molar-refractivity contribution is 7.80. The molecule has 188 valence electrons. The third-order valence-corrected chi connectivity index (χ3v) is 5.84. The lowest BCUT2D eigenvalue weighted by atomic mass is 10.1. The Morgan fingerprint density at radius 2 is 1.56 bits per heavy atom. The number of hydrogen-bond acceptors (Lipinski definition) is 4. The van der Waals surface area contributed by atoms with Gasteiger partial charge in [0.05, 0.1) is 12.2 Å². The summed E-state index contributed by atoms with van der Waals surface area (Å²) in [6.07, 6.45) is 4.38. The Kier molecular flexibility index (Phi) is 10.5. The highest BCUT2D eigenvalue weighted by Gasteiger charge is 2.17. The molecule has 2 amide bonds. The first-order valence-electron chi connectivity index (χ1n) is 12.3. The number of amides is 2. The molecule has 0 saturated heterocycles. The molecule has 0 aliphatic carbocycles. The second-order valence-corrected chi connectivity index (χ2v) is 8.68. The van der Waals surface area contributed by atoms with Crippen molar-refractivity contribution in [2.45, 2.75) is 39.5 Å². The number of ether oxygens (including phenoxy) is 1. The monoisotopic (exact) mass is 503 g/mol. The molecule has 6 nitrogen and oxygen atoms in total. The van der Waals surface area contributed by atoms with Crippen molar-refractivity contribution in [2.75, 3.05) is 23.4 Å². The first kappa shape index (κ1) is 26.9. The summed E-state index contributed by atoms with van der Waals surface area (Å²) in [7, 11) is 0. The molecule has 0 radical (unpaired) electrons. The minimum atomic E-state index is -0.343. The van der Waals surface area contributed by atoms with Crippen LogP contribution in [0.5, 0.6) is 5.75 Å². The number of benzene rings is 3. The van der Waals surface area contributed by atoms with E-state index in [0.717, 1.165) is 24.9 Å². The van der Waals surface area contributed by atoms with Gasteiger partial charge in [-0.05, 0) is 74.1 Å². The quantitative estimate of drug-likeness (QED) is 0.233. The first-order valence-corrected chi connectivity index (χ1v) is 12.8. The predicted molar refractivity (Wildman–Crippen MR) is 150 cm³/mol. The van der Waals surface area contributed by atoms with Crippen molar-refractivity contribution in [1.29, 1.82) is 0 Å². The number of unbranched alkanes of at least 4 members (excludes halogenated alkanes) is 3. The average Bonchev–Trinajstić information content (AvgIpc) is 2.90. The van der Waals surface area contributed by atoms with Crippen LogP contribution in [0.3, 0.4) is 0 Å². The Hall–Kier alpha value is -3.71. The SMILES string of the molecule is CCCCCCOc1ccccc1C(=O)NC(=S)Nc1ccc(C(=O)N(CC)c2ccccc2)cc1. The van der Waals surface area contributed by atoms with E-state index in [1.165, 1.54) is 6.42 Å². The van der Waals surface area contributed by atoms with Gasteiger partial charge in [0.15, 0.2) is 5.11 Å². The maximum atomic E-state index is 13.0. The van der Waals surface area contributed by atoms with Crippen LogP contribution in [0, 0.1) is 0 Å². The van der Waals surface area contributed by atoms with Crippen LogP contribution in [-0.2, 0) is 0 Å². The molecule has 3 aromatic carbocycles. The van der Waals surface area contributed by atoms with Crippen molar-refractivity contribution < 1.29 is 14.3 Å². The third kappa shape index (κ3) is 7.65. The number of rotatable bonds is 11. The van der Waals surface area contributed by atoms with E-state index < -0.39 is 0 Å². The fourth-order valence-electron chi connectivity index (χ4n) is 3.73. The van der Waals surface area contributed by atoms with Crippen LogP contribution in [0.25, 0.3) is 0 Å². The van der Waals surface area contributed by atoms with Gasteiger partial charge in [-0.25, -0.2) is 0 Å². The van der Waals surface area contributed by atoms with Crippen LogP contribution in [0.2, 0.25) is 0 Å². The van der Waals surface area contributed by atoms with Gasteiger partial charge in [0, 0.05) is 23.5 Å². The molecule has 0 spiro atoms. The molecule has 0 bridgehead atoms. The van der Waals surface area contributed by atoms with E-state index >= 15 is 0 Å². The van der Waals surface area contributed by atoms with Crippen LogP contribution in [0.15, 0.2) is 78.9 Å². The number of para-hydroxylation sites is 2. The highest BCUT2D eigenvalue weighted by Crippen LogP contribution is 2.20. The normalized spacial score (nSPS) is 10.4. The minimum absolute atomic E-state index is 0.0857. The molecule has 0 aliphatic rings. The van der Waals surface area contributed by atoms with Gasteiger partial charge in [-0.2, -0.15) is 0 Å². The Morgan fingerprint density at radius 1 is 0.861 bits per heavy atom. The van der Waals surface area contributed by atoms with E-state index in [1.807, 2.05) is 43.3 Å². The molecule has 0 heterocycles. The summed E-state index contributed by atoms with van der Waals surface area (Å²) < 4.78 is 5.84. The van der Waals surface area contributed by atoms with Crippen molar-refractivity contribution in [2.24, 2.45) is 0 Å². The van der Waals surface area contributed by atoms with Gasteiger partial charge >= 0.3 is 0 Å². The Bertz CT molecular complexity index is 1150. The number of anilines is 2. The fraction of sp³-hybridized carbons (Fsp3) is 0.276. The standard InChI is InChI=1S/C29H33N3O3S/c1-3-5-6-12-21-35-26-16-11-10-15-25(26)27(33)31-29(36)30-23-19-17-22(18-20-23)28(34)32(4-2)24-13-8-7-9-14-24/h7-11,13-20H,3-6,12,21H2,1-2H3,(H2,30,31,33,36). The van der Waals surface area contributed by atoms with Crippen molar-refractivity contribution in [3.8, 4) is 5.75 Å². The van der Waals surface area contributed by atoms with Gasteiger partial charge in [0.25, 0.3) is 11.8 Å². The van der Waals surface area contributed by atoms with Crippen LogP contribution in [-0.4, -0.2) is 30.1 Å². The molecule has 36 heavy (non-hydrogen) atoms. The summed E-state index contributed by atoms with van der Waals surface area (Å²) >= 11 is 5.34. The number of hydrogen-bond donors (Lipinski definition) is 2. The van der Waals surface area contributed by atoms with Gasteiger partial charge in [0.2, 0.25) is 0 Å². The second-order valence-electron chi connectivity index (χ2n) is 8.28. The van der Waals surface area contributed by atoms with E-state index in [0.29, 0.717) is 35.7 Å². The summed E-state index contributed by atoms with van der Waals surface area (Å²) in [6, 6.07) is 23.7. The van der Waals surface area contributed by atoms with Crippen molar-refractivity contribution in [1.82, 2.24) is 5.32 Å². The maximum Gasteiger partial charge on any atom is 0.261 e. The second kappa shape index (κ2) is 14.0. The number of carbonyl (C=O) groups is 2. The Labute approximate surface area is 218 Å². The molecule has 0 fully saturated rings. The summed E-state index contributed by atoms with van der Waals surface area (Å²) in [4.78, 5) is 27.5. The topological polar surface area (TPSA) is 70.7 Å². The van der Waals surface area contributed by atoms with Crippen LogP contribution in [0.1, 0.15) is 60.2 Å². The molecule has 0 saturated carbocycles. The summed E-state index contributed by atoms with van der Waals surface area (Å²) in [5.41, 5.74) is 2.51. The van der Waals surface area contributed by atoms with Crippen molar-refractivity contribution in [3.05, 3.63) is 90.0 Å². The average molecular weight is 504 g/mol. The Balaban J connectivity index is 1.57. The molecular formula is C29H33N3O3S. The zero-order valence-corrected chi connectivity index (χ0v) is 21.6. The van der Waals surface area contributed by atoms with Gasteiger partial charge in [-0.3, -0.25) is 14.9 Å². The first-order chi connectivity index (χ1) is 17.5. The highest BCUT2D eigenvalue weighted by atomic mass is 32.1. The van der Waals surface area contributed by atoms with E-state index in [1.54, 1.807) is 47.4 Å². The van der Waals surface area contributed by atoms with E-state index in [2.05, 4.69) is 17.6 Å². The van der Waals surface area contributed by atoms with Gasteiger partial charge < -0.3 is 15.0 Å². The molecule has 3 aromatic rings. The van der Waals surface area contributed by atoms with Crippen molar-refractivity contribution in [3.63, 3.8) is 0 Å².